The maximum Gasteiger partial charge on any atom is 0.446 e. The van der Waals surface area contributed by atoms with Gasteiger partial charge in [-0.3, -0.25) is 4.55 Å². The Morgan fingerprint density at radius 3 is 1.40 bits per heavy atom. The molecule has 234 valence electrons. The van der Waals surface area contributed by atoms with Crippen molar-refractivity contribution in [2.45, 2.75) is 119 Å². The van der Waals surface area contributed by atoms with Gasteiger partial charge in [0, 0.05) is 5.56 Å². The molecule has 0 bridgehead atoms. The number of phenols is 1. The number of hydrogen-bond donors (Lipinski definition) is 2. The van der Waals surface area contributed by atoms with E-state index in [-0.39, 0.29) is 11.5 Å². The third-order valence-corrected chi connectivity index (χ3v) is 7.54. The van der Waals surface area contributed by atoms with Crippen molar-refractivity contribution < 1.29 is 22.3 Å². The van der Waals surface area contributed by atoms with Crippen LogP contribution in [-0.2, 0) is 16.8 Å². The number of benzene rings is 1. The van der Waals surface area contributed by atoms with E-state index in [9.17, 15) is 13.5 Å². The number of aromatic hydroxyl groups is 1. The molecule has 6 heteroatoms. The van der Waals surface area contributed by atoms with Crippen LogP contribution in [0, 0.1) is 0 Å². The molecule has 0 aliphatic carbocycles. The summed E-state index contributed by atoms with van der Waals surface area (Å²) in [6.07, 6.45) is 25.0. The third kappa shape index (κ3) is 19.3. The Balaban J connectivity index is 2.36. The van der Waals surface area contributed by atoms with Crippen molar-refractivity contribution in [3.63, 3.8) is 0 Å². The largest absolute Gasteiger partial charge is 0.508 e. The minimum atomic E-state index is -4.60. The topological polar surface area (TPSA) is 83.8 Å². The van der Waals surface area contributed by atoms with E-state index in [1.807, 2.05) is 13.0 Å². The van der Waals surface area contributed by atoms with Crippen molar-refractivity contribution in [1.82, 2.24) is 0 Å². The van der Waals surface area contributed by atoms with Gasteiger partial charge in [-0.15, -0.1) is 0 Å². The first kappa shape index (κ1) is 37.2. The van der Waals surface area contributed by atoms with E-state index in [1.54, 1.807) is 0 Å². The standard InChI is InChI=1S/C36H54O5S/c1-28(2)13-8-14-29(3)15-9-16-30(4)17-10-18-31(5)19-11-20-32(6)21-12-22-33(7)23-24-34-27-35(25-26-36(34)37)41-42(38,39)40/h13,15,17,19,21,23,25-27,37H,8-12,14,16,18,20,22,24H2,1-7H3,(H,38,39,40). The number of phenolic OH excluding ortho intramolecular Hbond substituents is 1. The van der Waals surface area contributed by atoms with Crippen LogP contribution in [-0.4, -0.2) is 18.1 Å². The summed E-state index contributed by atoms with van der Waals surface area (Å²) in [6, 6.07) is 4.06. The van der Waals surface area contributed by atoms with E-state index in [1.165, 1.54) is 51.6 Å². The van der Waals surface area contributed by atoms with Crippen LogP contribution in [0.2, 0.25) is 0 Å². The molecule has 0 aromatic heterocycles. The maximum absolute atomic E-state index is 10.9. The second-order valence-corrected chi connectivity index (χ2v) is 12.8. The molecule has 0 saturated carbocycles. The van der Waals surface area contributed by atoms with Gasteiger partial charge in [-0.25, -0.2) is 0 Å². The lowest BCUT2D eigenvalue weighted by atomic mass is 10.0. The molecular formula is C36H54O5S. The highest BCUT2D eigenvalue weighted by molar-refractivity contribution is 7.81. The molecule has 42 heavy (non-hydrogen) atoms. The maximum atomic E-state index is 10.9. The van der Waals surface area contributed by atoms with E-state index in [4.69, 9.17) is 4.55 Å². The molecule has 0 fully saturated rings. The average Bonchev–Trinajstić information content (AvgIpc) is 2.88. The quantitative estimate of drug-likeness (QED) is 0.122. The Hall–Kier alpha value is -2.83. The number of rotatable bonds is 19. The summed E-state index contributed by atoms with van der Waals surface area (Å²) in [6.45, 7) is 15.3. The van der Waals surface area contributed by atoms with Gasteiger partial charge in [-0.2, -0.15) is 8.42 Å². The van der Waals surface area contributed by atoms with Crippen molar-refractivity contribution >= 4 is 10.4 Å². The van der Waals surface area contributed by atoms with Crippen LogP contribution in [0.15, 0.2) is 88.1 Å². The van der Waals surface area contributed by atoms with Crippen LogP contribution in [0.1, 0.15) is 118 Å². The van der Waals surface area contributed by atoms with Crippen LogP contribution in [0.3, 0.4) is 0 Å². The number of allylic oxidation sites excluding steroid dienone is 12. The van der Waals surface area contributed by atoms with Crippen LogP contribution in [0.4, 0.5) is 0 Å². The molecule has 0 radical (unpaired) electrons. The van der Waals surface area contributed by atoms with Crippen LogP contribution >= 0.6 is 0 Å². The van der Waals surface area contributed by atoms with Gasteiger partial charge < -0.3 is 9.29 Å². The minimum absolute atomic E-state index is 0.0364. The zero-order valence-electron chi connectivity index (χ0n) is 27.0. The predicted molar refractivity (Wildman–Crippen MR) is 178 cm³/mol. The van der Waals surface area contributed by atoms with Gasteiger partial charge in [0.2, 0.25) is 0 Å². The lowest BCUT2D eigenvalue weighted by Crippen LogP contribution is -2.06. The van der Waals surface area contributed by atoms with Crippen molar-refractivity contribution in [3.8, 4) is 11.5 Å². The lowest BCUT2D eigenvalue weighted by Gasteiger charge is -2.07. The first-order chi connectivity index (χ1) is 19.7. The van der Waals surface area contributed by atoms with E-state index < -0.39 is 10.4 Å². The minimum Gasteiger partial charge on any atom is -0.508 e. The Labute approximate surface area is 256 Å². The molecule has 0 aliphatic heterocycles. The summed E-state index contributed by atoms with van der Waals surface area (Å²) in [5.74, 6) is 0.0156. The van der Waals surface area contributed by atoms with Crippen LogP contribution in [0.5, 0.6) is 11.5 Å². The smallest absolute Gasteiger partial charge is 0.446 e. The molecule has 0 aliphatic rings. The van der Waals surface area contributed by atoms with E-state index in [2.05, 4.69) is 76.1 Å². The van der Waals surface area contributed by atoms with Crippen molar-refractivity contribution in [2.75, 3.05) is 0 Å². The second-order valence-electron chi connectivity index (χ2n) is 11.7. The molecule has 0 spiro atoms. The summed E-state index contributed by atoms with van der Waals surface area (Å²) < 4.78 is 35.2. The second kappa shape index (κ2) is 20.1. The highest BCUT2D eigenvalue weighted by Crippen LogP contribution is 2.25. The highest BCUT2D eigenvalue weighted by atomic mass is 32.3. The molecule has 5 nitrogen and oxygen atoms in total. The summed E-state index contributed by atoms with van der Waals surface area (Å²) in [4.78, 5) is 0. The van der Waals surface area contributed by atoms with Gasteiger partial charge in [0.15, 0.2) is 0 Å². The summed E-state index contributed by atoms with van der Waals surface area (Å²) in [5.41, 5.74) is 8.93. The van der Waals surface area contributed by atoms with E-state index in [0.29, 0.717) is 12.0 Å². The Morgan fingerprint density at radius 1 is 0.643 bits per heavy atom. The zero-order chi connectivity index (χ0) is 31.5. The lowest BCUT2D eigenvalue weighted by molar-refractivity contribution is 0.386. The Morgan fingerprint density at radius 2 is 1.02 bits per heavy atom. The fourth-order valence-corrected chi connectivity index (χ4v) is 4.81. The molecule has 0 atom stereocenters. The predicted octanol–water partition coefficient (Wildman–Crippen LogP) is 10.7. The molecule has 0 saturated heterocycles. The molecule has 1 aromatic rings. The fraction of sp³-hybridized carbons (Fsp3) is 0.500. The van der Waals surface area contributed by atoms with Crippen molar-refractivity contribution in [1.29, 1.82) is 0 Å². The molecule has 1 rings (SSSR count). The summed E-state index contributed by atoms with van der Waals surface area (Å²) in [5, 5.41) is 10.1. The molecule has 1 aromatic carbocycles. The molecule has 2 N–H and O–H groups in total. The first-order valence-electron chi connectivity index (χ1n) is 15.2. The van der Waals surface area contributed by atoms with Gasteiger partial charge >= 0.3 is 10.4 Å². The van der Waals surface area contributed by atoms with Gasteiger partial charge in [0.25, 0.3) is 0 Å². The normalized spacial score (nSPS) is 13.9. The molecule has 0 heterocycles. The van der Waals surface area contributed by atoms with E-state index >= 15 is 0 Å². The van der Waals surface area contributed by atoms with Gasteiger partial charge in [-0.05, 0) is 137 Å². The first-order valence-corrected chi connectivity index (χ1v) is 16.5. The highest BCUT2D eigenvalue weighted by Gasteiger charge is 2.09. The SMILES string of the molecule is CC(C)=CCCC(C)=CCCC(C)=CCCC(C)=CCCC(C)=CCCC(C)=CCc1cc(OS(=O)(=O)O)ccc1O. The molecule has 0 unspecified atom stereocenters. The third-order valence-electron chi connectivity index (χ3n) is 7.14. The van der Waals surface area contributed by atoms with Crippen LogP contribution < -0.4 is 4.18 Å². The van der Waals surface area contributed by atoms with Gasteiger partial charge in [0.1, 0.15) is 11.5 Å². The summed E-state index contributed by atoms with van der Waals surface area (Å²) in [7, 11) is -4.60. The average molecular weight is 599 g/mol. The molecular weight excluding hydrogens is 544 g/mol. The monoisotopic (exact) mass is 598 g/mol. The summed E-state index contributed by atoms with van der Waals surface area (Å²) >= 11 is 0. The van der Waals surface area contributed by atoms with Crippen LogP contribution in [0.25, 0.3) is 0 Å². The van der Waals surface area contributed by atoms with Crippen molar-refractivity contribution in [2.24, 2.45) is 0 Å². The number of hydrogen-bond acceptors (Lipinski definition) is 4. The van der Waals surface area contributed by atoms with E-state index in [0.717, 1.165) is 64.2 Å². The molecule has 0 amide bonds. The van der Waals surface area contributed by atoms with Crippen molar-refractivity contribution in [3.05, 3.63) is 93.7 Å². The Bertz CT molecular complexity index is 1270. The Kier molecular flexibility index (Phi) is 17.8. The fourth-order valence-electron chi connectivity index (χ4n) is 4.47. The van der Waals surface area contributed by atoms with Gasteiger partial charge in [-0.1, -0.05) is 69.9 Å². The van der Waals surface area contributed by atoms with Gasteiger partial charge in [0.05, 0.1) is 0 Å². The zero-order valence-corrected chi connectivity index (χ0v) is 27.8.